The van der Waals surface area contributed by atoms with Gasteiger partial charge in [-0.05, 0) is 26.7 Å². The maximum atomic E-state index is 11.1. The van der Waals surface area contributed by atoms with E-state index in [4.69, 9.17) is 5.11 Å². The zero-order valence-corrected chi connectivity index (χ0v) is 10.7. The van der Waals surface area contributed by atoms with Crippen molar-refractivity contribution < 1.29 is 9.90 Å². The van der Waals surface area contributed by atoms with Gasteiger partial charge in [-0.2, -0.15) is 0 Å². The zero-order valence-electron chi connectivity index (χ0n) is 10.7. The fraction of sp³-hybridized carbons (Fsp3) is 0.583. The fourth-order valence-corrected chi connectivity index (χ4v) is 1.91. The molecule has 0 atom stereocenters. The number of nitrogens with one attached hydrogen (secondary N) is 1. The van der Waals surface area contributed by atoms with Crippen LogP contribution in [0.4, 0.5) is 11.6 Å². The van der Waals surface area contributed by atoms with Crippen LogP contribution in [0.1, 0.15) is 26.7 Å². The summed E-state index contributed by atoms with van der Waals surface area (Å²) < 4.78 is 0. The quantitative estimate of drug-likeness (QED) is 0.840. The molecule has 6 nitrogen and oxygen atoms in total. The molecule has 0 bridgehead atoms. The highest BCUT2D eigenvalue weighted by Gasteiger charge is 2.27. The topological polar surface area (TPSA) is 78.3 Å². The van der Waals surface area contributed by atoms with Crippen molar-refractivity contribution in [3.63, 3.8) is 0 Å². The van der Waals surface area contributed by atoms with Gasteiger partial charge in [0.2, 0.25) is 0 Å². The second-order valence-corrected chi connectivity index (χ2v) is 5.01. The summed E-state index contributed by atoms with van der Waals surface area (Å²) in [6, 6.07) is 1.80. The Labute approximate surface area is 106 Å². The van der Waals surface area contributed by atoms with Crippen molar-refractivity contribution in [3.8, 4) is 0 Å². The molecule has 6 heteroatoms. The van der Waals surface area contributed by atoms with Crippen LogP contribution in [0.5, 0.6) is 0 Å². The third kappa shape index (κ3) is 2.69. The van der Waals surface area contributed by atoms with E-state index in [-0.39, 0.29) is 0 Å². The SMILES string of the molecule is CC(C)(Nc1cc(N2CCCC2)ncn1)C(=O)O. The van der Waals surface area contributed by atoms with Crippen LogP contribution in [-0.2, 0) is 4.79 Å². The number of hydrogen-bond acceptors (Lipinski definition) is 5. The molecule has 1 aromatic heterocycles. The predicted molar refractivity (Wildman–Crippen MR) is 68.8 cm³/mol. The van der Waals surface area contributed by atoms with Crippen LogP contribution in [0.25, 0.3) is 0 Å². The summed E-state index contributed by atoms with van der Waals surface area (Å²) in [6.45, 7) is 5.21. The molecule has 1 aliphatic heterocycles. The van der Waals surface area contributed by atoms with Gasteiger partial charge in [0.1, 0.15) is 23.5 Å². The number of carbonyl (C=O) groups is 1. The molecule has 0 saturated carbocycles. The van der Waals surface area contributed by atoms with E-state index < -0.39 is 11.5 Å². The maximum Gasteiger partial charge on any atom is 0.328 e. The Bertz CT molecular complexity index is 441. The lowest BCUT2D eigenvalue weighted by Gasteiger charge is -2.23. The molecule has 0 aromatic carbocycles. The Morgan fingerprint density at radius 1 is 1.39 bits per heavy atom. The van der Waals surface area contributed by atoms with E-state index in [1.165, 1.54) is 19.2 Å². The number of rotatable bonds is 4. The van der Waals surface area contributed by atoms with Gasteiger partial charge < -0.3 is 15.3 Å². The molecule has 18 heavy (non-hydrogen) atoms. The molecule has 1 fully saturated rings. The number of carboxylic acids is 1. The summed E-state index contributed by atoms with van der Waals surface area (Å²) in [5, 5.41) is 12.0. The van der Waals surface area contributed by atoms with Crippen molar-refractivity contribution >= 4 is 17.6 Å². The van der Waals surface area contributed by atoms with Crippen LogP contribution < -0.4 is 10.2 Å². The Morgan fingerprint density at radius 2 is 2.06 bits per heavy atom. The molecule has 0 spiro atoms. The van der Waals surface area contributed by atoms with Crippen molar-refractivity contribution in [1.29, 1.82) is 0 Å². The van der Waals surface area contributed by atoms with Gasteiger partial charge >= 0.3 is 5.97 Å². The minimum atomic E-state index is -1.05. The molecule has 0 aliphatic carbocycles. The van der Waals surface area contributed by atoms with E-state index >= 15 is 0 Å². The Kier molecular flexibility index (Phi) is 3.36. The average Bonchev–Trinajstić information content (AvgIpc) is 2.82. The third-order valence-electron chi connectivity index (χ3n) is 3.06. The molecule has 2 N–H and O–H groups in total. The molecule has 1 saturated heterocycles. The van der Waals surface area contributed by atoms with Crippen LogP contribution in [0, 0.1) is 0 Å². The van der Waals surface area contributed by atoms with Gasteiger partial charge in [-0.15, -0.1) is 0 Å². The number of hydrogen-bond donors (Lipinski definition) is 2. The summed E-state index contributed by atoms with van der Waals surface area (Å²) in [4.78, 5) is 21.5. The molecule has 1 aromatic rings. The van der Waals surface area contributed by atoms with Gasteiger partial charge in [-0.25, -0.2) is 14.8 Å². The number of nitrogens with zero attached hydrogens (tertiary/aromatic N) is 3. The van der Waals surface area contributed by atoms with Crippen LogP contribution in [-0.4, -0.2) is 39.7 Å². The first kappa shape index (κ1) is 12.6. The van der Waals surface area contributed by atoms with Crippen molar-refractivity contribution in [2.24, 2.45) is 0 Å². The van der Waals surface area contributed by atoms with Gasteiger partial charge in [-0.1, -0.05) is 0 Å². The van der Waals surface area contributed by atoms with E-state index in [0.717, 1.165) is 18.9 Å². The first-order chi connectivity index (χ1) is 8.49. The smallest absolute Gasteiger partial charge is 0.328 e. The molecular formula is C12H18N4O2. The first-order valence-corrected chi connectivity index (χ1v) is 6.07. The van der Waals surface area contributed by atoms with Crippen LogP contribution >= 0.6 is 0 Å². The zero-order chi connectivity index (χ0) is 13.2. The standard InChI is InChI=1S/C12H18N4O2/c1-12(2,11(17)18)15-9-7-10(14-8-13-9)16-5-3-4-6-16/h7-8H,3-6H2,1-2H3,(H,17,18)(H,13,14,15). The third-order valence-corrected chi connectivity index (χ3v) is 3.06. The molecule has 0 unspecified atom stereocenters. The minimum absolute atomic E-state index is 0.541. The molecule has 2 heterocycles. The monoisotopic (exact) mass is 250 g/mol. The second-order valence-electron chi connectivity index (χ2n) is 5.01. The van der Waals surface area contributed by atoms with Gasteiger partial charge in [0.15, 0.2) is 0 Å². The van der Waals surface area contributed by atoms with Gasteiger partial charge in [-0.3, -0.25) is 0 Å². The molecule has 0 amide bonds. The summed E-state index contributed by atoms with van der Waals surface area (Å²) in [5.74, 6) is 0.481. The van der Waals surface area contributed by atoms with E-state index in [0.29, 0.717) is 5.82 Å². The minimum Gasteiger partial charge on any atom is -0.480 e. The average molecular weight is 250 g/mol. The highest BCUT2D eigenvalue weighted by atomic mass is 16.4. The summed E-state index contributed by atoms with van der Waals surface area (Å²) in [5.41, 5.74) is -1.05. The normalized spacial score (nSPS) is 15.8. The lowest BCUT2D eigenvalue weighted by atomic mass is 10.1. The molecule has 1 aliphatic rings. The number of aliphatic carboxylic acids is 1. The van der Waals surface area contributed by atoms with E-state index in [1.54, 1.807) is 19.9 Å². The number of anilines is 2. The highest BCUT2D eigenvalue weighted by molar-refractivity contribution is 5.81. The summed E-state index contributed by atoms with van der Waals surface area (Å²) in [6.07, 6.45) is 3.81. The van der Waals surface area contributed by atoms with Crippen LogP contribution in [0.3, 0.4) is 0 Å². The van der Waals surface area contributed by atoms with Crippen molar-refractivity contribution in [2.75, 3.05) is 23.3 Å². The van der Waals surface area contributed by atoms with Crippen LogP contribution in [0.2, 0.25) is 0 Å². The van der Waals surface area contributed by atoms with E-state index in [1.807, 2.05) is 0 Å². The molecular weight excluding hydrogens is 232 g/mol. The molecule has 0 radical (unpaired) electrons. The maximum absolute atomic E-state index is 11.1. The van der Waals surface area contributed by atoms with Crippen molar-refractivity contribution in [3.05, 3.63) is 12.4 Å². The highest BCUT2D eigenvalue weighted by Crippen LogP contribution is 2.21. The number of carboxylic acid groups (broad SMARTS) is 1. The Morgan fingerprint density at radius 3 is 2.67 bits per heavy atom. The lowest BCUT2D eigenvalue weighted by Crippen LogP contribution is -2.40. The second kappa shape index (κ2) is 4.80. The Hall–Kier alpha value is -1.85. The molecule has 98 valence electrons. The van der Waals surface area contributed by atoms with Crippen molar-refractivity contribution in [2.45, 2.75) is 32.2 Å². The van der Waals surface area contributed by atoms with Gasteiger partial charge in [0.05, 0.1) is 0 Å². The largest absolute Gasteiger partial charge is 0.480 e. The van der Waals surface area contributed by atoms with E-state index in [2.05, 4.69) is 20.2 Å². The number of aromatic nitrogens is 2. The fourth-order valence-electron chi connectivity index (χ4n) is 1.91. The summed E-state index contributed by atoms with van der Waals surface area (Å²) >= 11 is 0. The van der Waals surface area contributed by atoms with Gasteiger partial charge in [0.25, 0.3) is 0 Å². The summed E-state index contributed by atoms with van der Waals surface area (Å²) in [7, 11) is 0. The van der Waals surface area contributed by atoms with Crippen LogP contribution in [0.15, 0.2) is 12.4 Å². The molecule has 2 rings (SSSR count). The Balaban J connectivity index is 2.14. The predicted octanol–water partition coefficient (Wildman–Crippen LogP) is 1.35. The lowest BCUT2D eigenvalue weighted by molar-refractivity contribution is -0.141. The van der Waals surface area contributed by atoms with Gasteiger partial charge in [0, 0.05) is 19.2 Å². The first-order valence-electron chi connectivity index (χ1n) is 6.07. The van der Waals surface area contributed by atoms with Crippen molar-refractivity contribution in [1.82, 2.24) is 9.97 Å². The van der Waals surface area contributed by atoms with E-state index in [9.17, 15) is 4.79 Å².